The quantitative estimate of drug-likeness (QED) is 0.228. The fraction of sp³-hybridized carbons (Fsp3) is 0.200. The molecule has 0 saturated carbocycles. The van der Waals surface area contributed by atoms with E-state index in [0.717, 1.165) is 53.1 Å². The second-order valence-corrected chi connectivity index (χ2v) is 10.4. The van der Waals surface area contributed by atoms with Crippen molar-refractivity contribution in [1.82, 2.24) is 9.47 Å². The Morgan fingerprint density at radius 3 is 2.44 bits per heavy atom. The molecule has 1 saturated heterocycles. The fourth-order valence-corrected chi connectivity index (χ4v) is 5.68. The van der Waals surface area contributed by atoms with Gasteiger partial charge in [-0.3, -0.25) is 14.5 Å². The lowest BCUT2D eigenvalue weighted by Gasteiger charge is -2.12. The van der Waals surface area contributed by atoms with Gasteiger partial charge >= 0.3 is 0 Å². The van der Waals surface area contributed by atoms with Crippen molar-refractivity contribution in [3.63, 3.8) is 0 Å². The Morgan fingerprint density at radius 2 is 1.69 bits per heavy atom. The molecule has 0 aliphatic carbocycles. The van der Waals surface area contributed by atoms with Crippen LogP contribution in [0.4, 0.5) is 4.79 Å². The maximum absolute atomic E-state index is 13.1. The molecule has 0 atom stereocenters. The summed E-state index contributed by atoms with van der Waals surface area (Å²) < 4.78 is 2.23. The zero-order chi connectivity index (χ0) is 25.1. The lowest BCUT2D eigenvalue weighted by Crippen LogP contribution is -2.29. The minimum absolute atomic E-state index is 0.196. The van der Waals surface area contributed by atoms with Crippen LogP contribution in [0.2, 0.25) is 5.02 Å². The second-order valence-electron chi connectivity index (χ2n) is 8.93. The molecule has 3 aromatic carbocycles. The number of benzene rings is 3. The molecule has 1 aliphatic rings. The summed E-state index contributed by atoms with van der Waals surface area (Å²) >= 11 is 7.11. The van der Waals surface area contributed by atoms with Gasteiger partial charge in [0.2, 0.25) is 0 Å². The summed E-state index contributed by atoms with van der Waals surface area (Å²) in [5.74, 6) is -0.205. The second kappa shape index (κ2) is 10.8. The highest BCUT2D eigenvalue weighted by Gasteiger charge is 2.34. The fourth-order valence-electron chi connectivity index (χ4n) is 4.70. The summed E-state index contributed by atoms with van der Waals surface area (Å²) in [5.41, 5.74) is 5.70. The van der Waals surface area contributed by atoms with E-state index in [-0.39, 0.29) is 11.1 Å². The van der Waals surface area contributed by atoms with Gasteiger partial charge in [-0.05, 0) is 65.9 Å². The smallest absolute Gasteiger partial charge is 0.293 e. The van der Waals surface area contributed by atoms with Crippen molar-refractivity contribution in [2.75, 3.05) is 6.54 Å². The standard InChI is InChI=1S/C30H27ClN2O2S/c1-2-23-11-6-12-26-24(20-32(28(23)26)19-22-13-15-25(31)16-14-22)18-27-29(34)33(30(35)36-27)17-7-10-21-8-4-3-5-9-21/h3-6,8-9,11-16,18,20H,2,7,10,17,19H2,1H3/b27-18-. The Balaban J connectivity index is 1.41. The van der Waals surface area contributed by atoms with E-state index in [1.165, 1.54) is 16.0 Å². The number of imide groups is 1. The first-order valence-corrected chi connectivity index (χ1v) is 13.4. The van der Waals surface area contributed by atoms with Crippen LogP contribution in [-0.2, 0) is 24.2 Å². The summed E-state index contributed by atoms with van der Waals surface area (Å²) in [5, 5.41) is 1.60. The normalized spacial score (nSPS) is 14.9. The summed E-state index contributed by atoms with van der Waals surface area (Å²) in [4.78, 5) is 27.7. The van der Waals surface area contributed by atoms with Crippen LogP contribution in [-0.4, -0.2) is 27.2 Å². The molecular weight excluding hydrogens is 488 g/mol. The number of thioether (sulfide) groups is 1. The van der Waals surface area contributed by atoms with Crippen LogP contribution in [0.1, 0.15) is 35.6 Å². The van der Waals surface area contributed by atoms with Crippen molar-refractivity contribution in [2.24, 2.45) is 0 Å². The van der Waals surface area contributed by atoms with E-state index in [2.05, 4.69) is 48.0 Å². The number of nitrogens with zero attached hydrogens (tertiary/aromatic N) is 2. The minimum Gasteiger partial charge on any atom is -0.342 e. The molecule has 0 bridgehead atoms. The number of aromatic nitrogens is 1. The molecule has 1 aliphatic heterocycles. The molecule has 6 heteroatoms. The zero-order valence-electron chi connectivity index (χ0n) is 20.1. The van der Waals surface area contributed by atoms with E-state index < -0.39 is 0 Å². The largest absolute Gasteiger partial charge is 0.342 e. The number of carbonyl (C=O) groups excluding carboxylic acids is 2. The Kier molecular flexibility index (Phi) is 7.30. The maximum Gasteiger partial charge on any atom is 0.293 e. The summed E-state index contributed by atoms with van der Waals surface area (Å²) in [6.07, 6.45) is 6.44. The Hall–Kier alpha value is -3.28. The highest BCUT2D eigenvalue weighted by molar-refractivity contribution is 8.18. The molecule has 4 nitrogen and oxygen atoms in total. The Labute approximate surface area is 220 Å². The molecule has 0 spiro atoms. The van der Waals surface area contributed by atoms with Gasteiger partial charge in [-0.25, -0.2) is 0 Å². The van der Waals surface area contributed by atoms with E-state index in [9.17, 15) is 9.59 Å². The first-order chi connectivity index (χ1) is 17.5. The average molecular weight is 515 g/mol. The van der Waals surface area contributed by atoms with Gasteiger partial charge in [0.25, 0.3) is 11.1 Å². The number of halogens is 1. The average Bonchev–Trinajstić information content (AvgIpc) is 3.37. The van der Waals surface area contributed by atoms with Crippen LogP contribution in [0.25, 0.3) is 17.0 Å². The molecule has 5 rings (SSSR count). The highest BCUT2D eigenvalue weighted by atomic mass is 35.5. The monoisotopic (exact) mass is 514 g/mol. The first-order valence-electron chi connectivity index (χ1n) is 12.2. The number of amides is 2. The molecule has 2 amide bonds. The summed E-state index contributed by atoms with van der Waals surface area (Å²) in [7, 11) is 0. The third-order valence-corrected chi connectivity index (χ3v) is 7.67. The van der Waals surface area contributed by atoms with E-state index in [0.29, 0.717) is 23.0 Å². The lowest BCUT2D eigenvalue weighted by molar-refractivity contribution is -0.122. The van der Waals surface area contributed by atoms with Gasteiger partial charge in [-0.1, -0.05) is 79.2 Å². The van der Waals surface area contributed by atoms with Crippen LogP contribution in [0.15, 0.2) is 83.9 Å². The van der Waals surface area contributed by atoms with E-state index in [4.69, 9.17) is 11.6 Å². The number of fused-ring (bicyclic) bond motifs is 1. The van der Waals surface area contributed by atoms with Crippen molar-refractivity contribution in [1.29, 1.82) is 0 Å². The van der Waals surface area contributed by atoms with Gasteiger partial charge in [0.05, 0.1) is 10.4 Å². The van der Waals surface area contributed by atoms with Crippen LogP contribution >= 0.6 is 23.4 Å². The van der Waals surface area contributed by atoms with Gasteiger partial charge < -0.3 is 4.57 Å². The number of aryl methyl sites for hydroxylation is 2. The molecule has 36 heavy (non-hydrogen) atoms. The Morgan fingerprint density at radius 1 is 0.917 bits per heavy atom. The van der Waals surface area contributed by atoms with Gasteiger partial charge in [-0.2, -0.15) is 0 Å². The van der Waals surface area contributed by atoms with Crippen molar-refractivity contribution in [3.05, 3.63) is 111 Å². The van der Waals surface area contributed by atoms with Gasteiger partial charge in [0.15, 0.2) is 0 Å². The van der Waals surface area contributed by atoms with Crippen molar-refractivity contribution >= 4 is 51.5 Å². The van der Waals surface area contributed by atoms with Crippen LogP contribution in [0.3, 0.4) is 0 Å². The molecule has 182 valence electrons. The molecule has 0 unspecified atom stereocenters. The number of para-hydroxylation sites is 1. The number of hydrogen-bond donors (Lipinski definition) is 0. The van der Waals surface area contributed by atoms with Crippen LogP contribution in [0.5, 0.6) is 0 Å². The van der Waals surface area contributed by atoms with Gasteiger partial charge in [0, 0.05) is 35.3 Å². The van der Waals surface area contributed by atoms with Crippen molar-refractivity contribution in [3.8, 4) is 0 Å². The van der Waals surface area contributed by atoms with Crippen molar-refractivity contribution in [2.45, 2.75) is 32.7 Å². The zero-order valence-corrected chi connectivity index (χ0v) is 21.7. The summed E-state index contributed by atoms with van der Waals surface area (Å²) in [6, 6.07) is 24.3. The van der Waals surface area contributed by atoms with Crippen LogP contribution in [0, 0.1) is 0 Å². The summed E-state index contributed by atoms with van der Waals surface area (Å²) in [6.45, 7) is 3.27. The van der Waals surface area contributed by atoms with E-state index in [1.54, 1.807) is 0 Å². The SMILES string of the molecule is CCc1cccc2c(/C=C3\SC(=O)N(CCCc4ccccc4)C3=O)cn(Cc3ccc(Cl)cc3)c12. The predicted octanol–water partition coefficient (Wildman–Crippen LogP) is 7.57. The molecular formula is C30H27ClN2O2S. The molecule has 0 radical (unpaired) electrons. The molecule has 4 aromatic rings. The minimum atomic E-state index is -0.205. The lowest BCUT2D eigenvalue weighted by atomic mass is 10.1. The maximum atomic E-state index is 13.1. The number of carbonyl (C=O) groups is 2. The number of hydrogen-bond acceptors (Lipinski definition) is 3. The predicted molar refractivity (Wildman–Crippen MR) is 149 cm³/mol. The molecule has 0 N–H and O–H groups in total. The van der Waals surface area contributed by atoms with Gasteiger partial charge in [-0.15, -0.1) is 0 Å². The molecule has 2 heterocycles. The first kappa shape index (κ1) is 24.4. The van der Waals surface area contributed by atoms with Crippen LogP contribution < -0.4 is 0 Å². The topological polar surface area (TPSA) is 42.3 Å². The van der Waals surface area contributed by atoms with Gasteiger partial charge in [0.1, 0.15) is 0 Å². The third-order valence-electron chi connectivity index (χ3n) is 6.51. The highest BCUT2D eigenvalue weighted by Crippen LogP contribution is 2.35. The van der Waals surface area contributed by atoms with E-state index >= 15 is 0 Å². The molecule has 1 aromatic heterocycles. The van der Waals surface area contributed by atoms with E-state index in [1.807, 2.05) is 48.5 Å². The number of rotatable bonds is 8. The third kappa shape index (κ3) is 5.13. The molecule has 1 fully saturated rings. The Bertz CT molecular complexity index is 1440. The van der Waals surface area contributed by atoms with Crippen molar-refractivity contribution < 1.29 is 9.59 Å².